The number of amides is 4. The predicted octanol–water partition coefficient (Wildman–Crippen LogP) is 1.70. The number of hydrogen-bond donors (Lipinski definition) is 3. The standard InChI is InChI=1S/C19H26N4O3/c24-17-11-15(13-23(17)12-14-7-3-1-4-8-14)18(25)21-22-19(26)20-16-9-5-2-6-10-16/h1,3-4,7-8,15-16H,2,5-6,9-13H2,(H,21,25)(H2,20,22,26)/t15-/m1/s1. The summed E-state index contributed by atoms with van der Waals surface area (Å²) in [5.74, 6) is -0.811. The lowest BCUT2D eigenvalue weighted by Gasteiger charge is -2.23. The Kier molecular flexibility index (Phi) is 6.09. The third kappa shape index (κ3) is 4.97. The topological polar surface area (TPSA) is 90.5 Å². The van der Waals surface area contributed by atoms with E-state index in [2.05, 4.69) is 16.2 Å². The SMILES string of the molecule is O=C(NNC(=O)[C@@H]1CC(=O)N(Cc2ccccc2)C1)NC1CCCCC1. The molecule has 1 saturated carbocycles. The molecule has 2 aliphatic rings. The molecule has 1 saturated heterocycles. The number of carbonyl (C=O) groups excluding carboxylic acids is 3. The number of hydrazine groups is 1. The normalized spacial score (nSPS) is 20.7. The third-order valence-electron chi connectivity index (χ3n) is 5.04. The fraction of sp³-hybridized carbons (Fsp3) is 0.526. The molecule has 0 bridgehead atoms. The highest BCUT2D eigenvalue weighted by molar-refractivity contribution is 5.90. The molecule has 3 N–H and O–H groups in total. The van der Waals surface area contributed by atoms with Gasteiger partial charge in [0.05, 0.1) is 5.92 Å². The molecule has 1 aliphatic heterocycles. The van der Waals surface area contributed by atoms with Gasteiger partial charge in [0.1, 0.15) is 0 Å². The number of hydrogen-bond acceptors (Lipinski definition) is 3. The van der Waals surface area contributed by atoms with E-state index in [1.165, 1.54) is 6.42 Å². The lowest BCUT2D eigenvalue weighted by Crippen LogP contribution is -2.51. The number of rotatable bonds is 4. The van der Waals surface area contributed by atoms with Gasteiger partial charge in [-0.05, 0) is 18.4 Å². The number of carbonyl (C=O) groups is 3. The second-order valence-electron chi connectivity index (χ2n) is 7.08. The van der Waals surface area contributed by atoms with Crippen LogP contribution in [0.15, 0.2) is 30.3 Å². The number of nitrogens with one attached hydrogen (secondary N) is 3. The number of urea groups is 1. The first kappa shape index (κ1) is 18.2. The van der Waals surface area contributed by atoms with Crippen molar-refractivity contribution in [3.05, 3.63) is 35.9 Å². The summed E-state index contributed by atoms with van der Waals surface area (Å²) in [6, 6.07) is 9.47. The van der Waals surface area contributed by atoms with Crippen molar-refractivity contribution in [2.75, 3.05) is 6.54 Å². The van der Waals surface area contributed by atoms with Crippen molar-refractivity contribution in [3.8, 4) is 0 Å². The maximum Gasteiger partial charge on any atom is 0.333 e. The quantitative estimate of drug-likeness (QED) is 0.716. The van der Waals surface area contributed by atoms with Gasteiger partial charge in [-0.2, -0.15) is 0 Å². The van der Waals surface area contributed by atoms with Crippen molar-refractivity contribution < 1.29 is 14.4 Å². The van der Waals surface area contributed by atoms with Gasteiger partial charge in [0.2, 0.25) is 11.8 Å². The van der Waals surface area contributed by atoms with Gasteiger partial charge in [0.25, 0.3) is 0 Å². The monoisotopic (exact) mass is 358 g/mol. The van der Waals surface area contributed by atoms with Crippen LogP contribution in [-0.2, 0) is 16.1 Å². The summed E-state index contributed by atoms with van der Waals surface area (Å²) in [7, 11) is 0. The first-order valence-corrected chi connectivity index (χ1v) is 9.30. The average molecular weight is 358 g/mol. The number of likely N-dealkylation sites (tertiary alicyclic amines) is 1. The minimum Gasteiger partial charge on any atom is -0.338 e. The van der Waals surface area contributed by atoms with E-state index < -0.39 is 11.9 Å². The number of benzene rings is 1. The largest absolute Gasteiger partial charge is 0.338 e. The van der Waals surface area contributed by atoms with Crippen molar-refractivity contribution >= 4 is 17.8 Å². The van der Waals surface area contributed by atoms with E-state index in [1.54, 1.807) is 4.90 Å². The van der Waals surface area contributed by atoms with Gasteiger partial charge in [-0.25, -0.2) is 10.2 Å². The molecule has 0 spiro atoms. The van der Waals surface area contributed by atoms with Gasteiger partial charge >= 0.3 is 6.03 Å². The Balaban J connectivity index is 1.42. The molecule has 0 aromatic heterocycles. The molecule has 1 aliphatic carbocycles. The first-order chi connectivity index (χ1) is 12.6. The van der Waals surface area contributed by atoms with Crippen LogP contribution in [0.25, 0.3) is 0 Å². The van der Waals surface area contributed by atoms with Crippen molar-refractivity contribution in [3.63, 3.8) is 0 Å². The molecular formula is C19H26N4O3. The first-order valence-electron chi connectivity index (χ1n) is 9.30. The molecule has 7 heteroatoms. The van der Waals surface area contributed by atoms with Crippen molar-refractivity contribution in [2.45, 2.75) is 51.1 Å². The summed E-state index contributed by atoms with van der Waals surface area (Å²) in [5, 5.41) is 2.87. The van der Waals surface area contributed by atoms with Crippen LogP contribution in [0.1, 0.15) is 44.1 Å². The molecule has 7 nitrogen and oxygen atoms in total. The Morgan fingerprint density at radius 3 is 2.50 bits per heavy atom. The van der Waals surface area contributed by atoms with Crippen LogP contribution >= 0.6 is 0 Å². The van der Waals surface area contributed by atoms with Gasteiger partial charge in [-0.3, -0.25) is 15.0 Å². The second-order valence-corrected chi connectivity index (χ2v) is 7.08. The zero-order valence-corrected chi connectivity index (χ0v) is 14.9. The lowest BCUT2D eigenvalue weighted by molar-refractivity contribution is -0.129. The van der Waals surface area contributed by atoms with Crippen LogP contribution < -0.4 is 16.2 Å². The molecule has 0 radical (unpaired) electrons. The molecular weight excluding hydrogens is 332 g/mol. The Bertz CT molecular complexity index is 643. The summed E-state index contributed by atoms with van der Waals surface area (Å²) in [5.41, 5.74) is 5.88. The van der Waals surface area contributed by atoms with Gasteiger partial charge in [0.15, 0.2) is 0 Å². The highest BCUT2D eigenvalue weighted by Crippen LogP contribution is 2.20. The van der Waals surface area contributed by atoms with E-state index in [-0.39, 0.29) is 24.3 Å². The van der Waals surface area contributed by atoms with Crippen LogP contribution in [0, 0.1) is 5.92 Å². The van der Waals surface area contributed by atoms with Gasteiger partial charge in [-0.1, -0.05) is 49.6 Å². The van der Waals surface area contributed by atoms with Crippen LogP contribution in [0.2, 0.25) is 0 Å². The fourth-order valence-electron chi connectivity index (χ4n) is 3.59. The van der Waals surface area contributed by atoms with Crippen LogP contribution in [0.3, 0.4) is 0 Å². The van der Waals surface area contributed by atoms with Gasteiger partial charge in [-0.15, -0.1) is 0 Å². The molecule has 2 fully saturated rings. The van der Waals surface area contributed by atoms with Crippen LogP contribution in [-0.4, -0.2) is 35.3 Å². The summed E-state index contributed by atoms with van der Waals surface area (Å²) >= 11 is 0. The van der Waals surface area contributed by atoms with Gasteiger partial charge in [0, 0.05) is 25.6 Å². The van der Waals surface area contributed by atoms with E-state index >= 15 is 0 Å². The second kappa shape index (κ2) is 8.69. The van der Waals surface area contributed by atoms with Crippen molar-refractivity contribution in [2.24, 2.45) is 5.92 Å². The van der Waals surface area contributed by atoms with E-state index in [4.69, 9.17) is 0 Å². The third-order valence-corrected chi connectivity index (χ3v) is 5.04. The van der Waals surface area contributed by atoms with Gasteiger partial charge < -0.3 is 10.2 Å². The molecule has 1 atom stereocenters. The van der Waals surface area contributed by atoms with Crippen molar-refractivity contribution in [1.29, 1.82) is 0 Å². The van der Waals surface area contributed by atoms with Crippen molar-refractivity contribution in [1.82, 2.24) is 21.1 Å². The summed E-state index contributed by atoms with van der Waals surface area (Å²) in [6.45, 7) is 0.866. The smallest absolute Gasteiger partial charge is 0.333 e. The molecule has 1 aromatic rings. The average Bonchev–Trinajstić information content (AvgIpc) is 3.02. The zero-order valence-electron chi connectivity index (χ0n) is 14.9. The van der Waals surface area contributed by atoms with Crippen LogP contribution in [0.4, 0.5) is 4.79 Å². The molecule has 1 aromatic carbocycles. The molecule has 1 heterocycles. The summed E-state index contributed by atoms with van der Waals surface area (Å²) in [4.78, 5) is 38.0. The van der Waals surface area contributed by atoms with E-state index in [0.717, 1.165) is 31.2 Å². The maximum absolute atomic E-state index is 12.3. The zero-order chi connectivity index (χ0) is 18.4. The lowest BCUT2D eigenvalue weighted by atomic mass is 9.96. The minimum atomic E-state index is -0.443. The Morgan fingerprint density at radius 2 is 1.77 bits per heavy atom. The predicted molar refractivity (Wildman–Crippen MR) is 96.6 cm³/mol. The number of nitrogens with zero attached hydrogens (tertiary/aromatic N) is 1. The minimum absolute atomic E-state index is 0.0411. The van der Waals surface area contributed by atoms with E-state index in [0.29, 0.717) is 13.1 Å². The summed E-state index contributed by atoms with van der Waals surface area (Å²) in [6.07, 6.45) is 5.59. The molecule has 140 valence electrons. The molecule has 4 amide bonds. The molecule has 3 rings (SSSR count). The van der Waals surface area contributed by atoms with Crippen LogP contribution in [0.5, 0.6) is 0 Å². The Labute approximate surface area is 153 Å². The Hall–Kier alpha value is -2.57. The Morgan fingerprint density at radius 1 is 1.04 bits per heavy atom. The van der Waals surface area contributed by atoms with E-state index in [9.17, 15) is 14.4 Å². The van der Waals surface area contributed by atoms with E-state index in [1.807, 2.05) is 30.3 Å². The summed E-state index contributed by atoms with van der Waals surface area (Å²) < 4.78 is 0. The maximum atomic E-state index is 12.3. The highest BCUT2D eigenvalue weighted by Gasteiger charge is 2.34. The molecule has 0 unspecified atom stereocenters. The highest BCUT2D eigenvalue weighted by atomic mass is 16.2. The molecule has 26 heavy (non-hydrogen) atoms. The fourth-order valence-corrected chi connectivity index (χ4v) is 3.59.